The van der Waals surface area contributed by atoms with Gasteiger partial charge in [-0.25, -0.2) is 0 Å². The average molecular weight is 474 g/mol. The van der Waals surface area contributed by atoms with E-state index < -0.39 is 30.4 Å². The zero-order valence-electron chi connectivity index (χ0n) is 18.6. The third-order valence-corrected chi connectivity index (χ3v) is 5.73. The van der Waals surface area contributed by atoms with E-state index in [1.165, 1.54) is 19.2 Å². The summed E-state index contributed by atoms with van der Waals surface area (Å²) in [4.78, 5) is 32.4. The van der Waals surface area contributed by atoms with Crippen molar-refractivity contribution in [1.82, 2.24) is 0 Å². The van der Waals surface area contributed by atoms with Crippen LogP contribution in [-0.4, -0.2) is 40.2 Å². The number of hydrogen-bond acceptors (Lipinski definition) is 7. The van der Waals surface area contributed by atoms with E-state index in [4.69, 9.17) is 15.9 Å². The summed E-state index contributed by atoms with van der Waals surface area (Å²) in [7, 11) is 1.47. The molecular formula is C25H22N4O6. The maximum atomic E-state index is 12.0. The number of hydrogen-bond donors (Lipinski definition) is 5. The Kier molecular flexibility index (Phi) is 6.20. The van der Waals surface area contributed by atoms with Crippen molar-refractivity contribution < 1.29 is 29.6 Å². The highest BCUT2D eigenvalue weighted by Crippen LogP contribution is 2.43. The highest BCUT2D eigenvalue weighted by molar-refractivity contribution is 5.94. The number of nitrogens with two attached hydrogens (primary N) is 1. The summed E-state index contributed by atoms with van der Waals surface area (Å²) in [6.45, 7) is 0. The largest absolute Gasteiger partial charge is 0.507 e. The molecule has 3 aromatic rings. The van der Waals surface area contributed by atoms with Gasteiger partial charge in [0.05, 0.1) is 30.2 Å². The second-order valence-corrected chi connectivity index (χ2v) is 7.94. The van der Waals surface area contributed by atoms with E-state index >= 15 is 0 Å². The van der Waals surface area contributed by atoms with Crippen LogP contribution >= 0.6 is 0 Å². The maximum absolute atomic E-state index is 12.0. The van der Waals surface area contributed by atoms with Gasteiger partial charge in [-0.2, -0.15) is 0 Å². The van der Waals surface area contributed by atoms with Gasteiger partial charge in [-0.15, -0.1) is 0 Å². The molecule has 2 unspecified atom stereocenters. The quantitative estimate of drug-likeness (QED) is 0.244. The summed E-state index contributed by atoms with van der Waals surface area (Å²) < 4.78 is 5.42. The van der Waals surface area contributed by atoms with E-state index in [1.54, 1.807) is 42.5 Å². The number of aromatic hydroxyl groups is 1. The number of ether oxygens (including phenoxy) is 1. The van der Waals surface area contributed by atoms with Crippen molar-refractivity contribution in [3.8, 4) is 22.6 Å². The van der Waals surface area contributed by atoms with Gasteiger partial charge in [0.15, 0.2) is 6.17 Å². The molecule has 0 saturated heterocycles. The zero-order chi connectivity index (χ0) is 25.3. The van der Waals surface area contributed by atoms with Crippen molar-refractivity contribution in [1.29, 1.82) is 5.41 Å². The molecule has 178 valence electrons. The van der Waals surface area contributed by atoms with Crippen LogP contribution in [0, 0.1) is 5.41 Å². The average Bonchev–Trinajstić information content (AvgIpc) is 3.25. The predicted molar refractivity (Wildman–Crippen MR) is 125 cm³/mol. The summed E-state index contributed by atoms with van der Waals surface area (Å²) in [5, 5.41) is 38.9. The first kappa shape index (κ1) is 23.4. The lowest BCUT2D eigenvalue weighted by Crippen LogP contribution is -2.24. The number of para-hydroxylation sites is 1. The number of benzene rings is 3. The van der Waals surface area contributed by atoms with E-state index in [0.29, 0.717) is 27.6 Å². The van der Waals surface area contributed by atoms with Crippen LogP contribution in [0.3, 0.4) is 0 Å². The minimum absolute atomic E-state index is 0.132. The fourth-order valence-electron chi connectivity index (χ4n) is 4.01. The molecule has 10 nitrogen and oxygen atoms in total. The molecule has 0 radical (unpaired) electrons. The minimum Gasteiger partial charge on any atom is -0.507 e. The molecule has 0 aromatic heterocycles. The topological polar surface area (TPSA) is 179 Å². The number of carboxylic acids is 2. The zero-order valence-corrected chi connectivity index (χ0v) is 18.6. The summed E-state index contributed by atoms with van der Waals surface area (Å²) in [6.07, 6.45) is -1.56. The van der Waals surface area contributed by atoms with Gasteiger partial charge >= 0.3 is 11.9 Å². The van der Waals surface area contributed by atoms with Crippen molar-refractivity contribution in [2.24, 2.45) is 15.7 Å². The number of carbonyl (C=O) groups is 2. The first-order valence-corrected chi connectivity index (χ1v) is 10.5. The standard InChI is InChI=1S/C25H22N4O6/c1-35-20-5-3-2-4-14(20)16-8-13(15(25(33)34)11-21(30)31)9-17(22(16)32)24-28-18-7-6-12(23(26)27)10-19(18)29-24/h2-10,15,24,32H,11H2,1H3,(H3,26,27)(H,30,31)(H,33,34). The molecule has 2 atom stereocenters. The van der Waals surface area contributed by atoms with Crippen LogP contribution in [0.5, 0.6) is 11.5 Å². The fourth-order valence-corrected chi connectivity index (χ4v) is 4.01. The van der Waals surface area contributed by atoms with Crippen molar-refractivity contribution in [3.05, 3.63) is 82.0 Å². The first-order valence-electron chi connectivity index (χ1n) is 10.5. The van der Waals surface area contributed by atoms with Gasteiger partial charge in [-0.1, -0.05) is 18.2 Å². The summed E-state index contributed by atoms with van der Waals surface area (Å²) in [5.41, 5.74) is 7.17. The first-order chi connectivity index (χ1) is 16.7. The number of nitrogens with one attached hydrogen (secondary N) is 1. The van der Waals surface area contributed by atoms with Crippen LogP contribution in [0.15, 0.2) is 64.6 Å². The number of aliphatic carboxylic acids is 2. The monoisotopic (exact) mass is 474 g/mol. The molecule has 1 heterocycles. The molecule has 0 bridgehead atoms. The van der Waals surface area contributed by atoms with Gasteiger partial charge in [0.2, 0.25) is 0 Å². The second-order valence-electron chi connectivity index (χ2n) is 7.94. The Hall–Kier alpha value is -4.73. The van der Waals surface area contributed by atoms with E-state index in [2.05, 4.69) is 9.98 Å². The maximum Gasteiger partial charge on any atom is 0.311 e. The third kappa shape index (κ3) is 4.54. The Labute approximate surface area is 199 Å². The Morgan fingerprint density at radius 2 is 1.77 bits per heavy atom. The van der Waals surface area contributed by atoms with Gasteiger partial charge in [0.1, 0.15) is 17.3 Å². The summed E-state index contributed by atoms with van der Waals surface area (Å²) in [6, 6.07) is 14.6. The van der Waals surface area contributed by atoms with E-state index in [-0.39, 0.29) is 28.3 Å². The lowest BCUT2D eigenvalue weighted by molar-refractivity contribution is -0.145. The molecule has 0 amide bonds. The van der Waals surface area contributed by atoms with Crippen molar-refractivity contribution in [2.75, 3.05) is 7.11 Å². The predicted octanol–water partition coefficient (Wildman–Crippen LogP) is 1.95. The van der Waals surface area contributed by atoms with Gasteiger partial charge < -0.3 is 25.8 Å². The highest BCUT2D eigenvalue weighted by atomic mass is 16.5. The Morgan fingerprint density at radius 1 is 1.06 bits per heavy atom. The number of fused-ring (bicyclic) bond motifs is 1. The number of methoxy groups -OCH3 is 1. The molecule has 0 fully saturated rings. The number of nitrogen functional groups attached to an aromatic ring is 1. The molecule has 6 N–H and O–H groups in total. The smallest absolute Gasteiger partial charge is 0.311 e. The Bertz CT molecular complexity index is 1480. The van der Waals surface area contributed by atoms with Crippen LogP contribution in [0.25, 0.3) is 11.1 Å². The number of rotatable bonds is 8. The number of carboxylic acid groups (broad SMARTS) is 2. The van der Waals surface area contributed by atoms with Crippen LogP contribution in [0.1, 0.15) is 35.2 Å². The van der Waals surface area contributed by atoms with Crippen molar-refractivity contribution >= 4 is 17.8 Å². The van der Waals surface area contributed by atoms with Gasteiger partial charge in [0.25, 0.3) is 0 Å². The van der Waals surface area contributed by atoms with Crippen LogP contribution in [0.2, 0.25) is 0 Å². The van der Waals surface area contributed by atoms with E-state index in [9.17, 15) is 24.9 Å². The molecular weight excluding hydrogens is 452 g/mol. The molecule has 3 aromatic carbocycles. The van der Waals surface area contributed by atoms with E-state index in [1.807, 2.05) is 0 Å². The molecule has 10 heteroatoms. The molecule has 1 aliphatic rings. The number of phenolic OH excluding ortho intramolecular Hbond substituents is 1. The second kappa shape index (κ2) is 9.26. The highest BCUT2D eigenvalue weighted by Gasteiger charge is 2.28. The molecule has 0 aliphatic carbocycles. The van der Waals surface area contributed by atoms with Crippen LogP contribution < -0.4 is 21.2 Å². The number of amidine groups is 1. The number of nitrogens with zero attached hydrogens (tertiary/aromatic N) is 2. The van der Waals surface area contributed by atoms with Crippen molar-refractivity contribution in [2.45, 2.75) is 18.5 Å². The SMILES string of the molecule is COc1ccccc1-c1cc(C(CC(=O)O)C(=O)O)cc(C2N=c3ccc(C(=N)N)cc3=N2)c1O. The molecule has 1 aliphatic heterocycles. The third-order valence-electron chi connectivity index (χ3n) is 5.73. The molecule has 0 spiro atoms. The van der Waals surface area contributed by atoms with E-state index in [0.717, 1.165) is 0 Å². The van der Waals surface area contributed by atoms with Crippen molar-refractivity contribution in [3.63, 3.8) is 0 Å². The minimum atomic E-state index is -1.37. The number of phenols is 1. The van der Waals surface area contributed by atoms with Gasteiger partial charge in [0, 0.05) is 22.3 Å². The fraction of sp³-hybridized carbons (Fsp3) is 0.160. The summed E-state index contributed by atoms with van der Waals surface area (Å²) in [5.74, 6) is -3.84. The summed E-state index contributed by atoms with van der Waals surface area (Å²) >= 11 is 0. The Balaban J connectivity index is 1.95. The van der Waals surface area contributed by atoms with Gasteiger partial charge in [-0.05, 0) is 42.0 Å². The van der Waals surface area contributed by atoms with Gasteiger partial charge in [-0.3, -0.25) is 25.0 Å². The normalized spacial score (nSPS) is 14.8. The lowest BCUT2D eigenvalue weighted by Gasteiger charge is -2.19. The van der Waals surface area contributed by atoms with Crippen LogP contribution in [0.4, 0.5) is 0 Å². The Morgan fingerprint density at radius 3 is 2.43 bits per heavy atom. The molecule has 4 rings (SSSR count). The molecule has 35 heavy (non-hydrogen) atoms. The van der Waals surface area contributed by atoms with Crippen LogP contribution in [-0.2, 0) is 9.59 Å². The lowest BCUT2D eigenvalue weighted by atomic mass is 9.89. The molecule has 0 saturated carbocycles.